The number of hydrogen-bond donors (Lipinski definition) is 3. The lowest BCUT2D eigenvalue weighted by Crippen LogP contribution is -2.40. The van der Waals surface area contributed by atoms with Gasteiger partial charge in [0.25, 0.3) is 5.69 Å². The van der Waals surface area contributed by atoms with E-state index in [-0.39, 0.29) is 12.2 Å². The van der Waals surface area contributed by atoms with E-state index in [2.05, 4.69) is 10.6 Å². The number of nitrogens with zero attached hydrogens (tertiary/aromatic N) is 1. The number of anilines is 1. The van der Waals surface area contributed by atoms with Crippen molar-refractivity contribution in [2.75, 3.05) is 11.9 Å². The smallest absolute Gasteiger partial charge is 0.319 e. The maximum absolute atomic E-state index is 13.5. The minimum Gasteiger partial charge on any atom is -0.481 e. The summed E-state index contributed by atoms with van der Waals surface area (Å²) >= 11 is 0. The van der Waals surface area contributed by atoms with Crippen LogP contribution in [0.5, 0.6) is 0 Å². The fourth-order valence-electron chi connectivity index (χ4n) is 1.26. The molecule has 3 N–H and O–H groups in total. The molecule has 114 valence electrons. The van der Waals surface area contributed by atoms with E-state index in [1.165, 1.54) is 13.8 Å². The Morgan fingerprint density at radius 2 is 2.05 bits per heavy atom. The molecule has 0 heterocycles. The zero-order valence-corrected chi connectivity index (χ0v) is 11.3. The van der Waals surface area contributed by atoms with Crippen molar-refractivity contribution in [2.45, 2.75) is 13.8 Å². The highest BCUT2D eigenvalue weighted by molar-refractivity contribution is 5.90. The zero-order chi connectivity index (χ0) is 16.2. The number of nitro groups is 1. The molecule has 0 saturated heterocycles. The summed E-state index contributed by atoms with van der Waals surface area (Å²) in [5.41, 5.74) is -1.86. The molecular formula is C12H14FN3O5. The number of rotatable bonds is 5. The van der Waals surface area contributed by atoms with Crippen LogP contribution in [0.3, 0.4) is 0 Å². The molecule has 1 rings (SSSR count). The van der Waals surface area contributed by atoms with E-state index in [0.29, 0.717) is 6.07 Å². The molecule has 1 aromatic rings. The number of non-ortho nitro benzene ring substituents is 1. The molecule has 0 fully saturated rings. The van der Waals surface area contributed by atoms with Crippen molar-refractivity contribution >= 4 is 23.4 Å². The Bertz CT molecular complexity index is 588. The monoisotopic (exact) mass is 299 g/mol. The van der Waals surface area contributed by atoms with E-state index in [1.807, 2.05) is 0 Å². The minimum absolute atomic E-state index is 0.164. The molecular weight excluding hydrogens is 285 g/mol. The van der Waals surface area contributed by atoms with Crippen LogP contribution in [0.1, 0.15) is 13.8 Å². The molecule has 0 radical (unpaired) electrons. The second kappa shape index (κ2) is 6.16. The van der Waals surface area contributed by atoms with Gasteiger partial charge in [-0.3, -0.25) is 14.9 Å². The quantitative estimate of drug-likeness (QED) is 0.566. The molecule has 0 spiro atoms. The predicted molar refractivity (Wildman–Crippen MR) is 71.5 cm³/mol. The number of hydrogen-bond acceptors (Lipinski definition) is 4. The fourth-order valence-corrected chi connectivity index (χ4v) is 1.26. The normalized spacial score (nSPS) is 10.8. The van der Waals surface area contributed by atoms with Gasteiger partial charge < -0.3 is 15.7 Å². The van der Waals surface area contributed by atoms with Crippen molar-refractivity contribution in [1.82, 2.24) is 5.32 Å². The Hall–Kier alpha value is -2.71. The van der Waals surface area contributed by atoms with Gasteiger partial charge in [0.05, 0.1) is 22.1 Å². The standard InChI is InChI=1S/C12H14FN3O5/c1-12(2,10(17)18)6-14-11(19)15-9-4-3-7(16(20)21)5-8(9)13/h3-5H,6H2,1-2H3,(H,17,18)(H2,14,15,19). The SMILES string of the molecule is CC(C)(CNC(=O)Nc1ccc([N+](=O)[O-])cc1F)C(=O)O. The number of nitro benzene ring substituents is 1. The average molecular weight is 299 g/mol. The van der Waals surface area contributed by atoms with Crippen LogP contribution < -0.4 is 10.6 Å². The Morgan fingerprint density at radius 1 is 1.43 bits per heavy atom. The number of amides is 2. The van der Waals surface area contributed by atoms with Gasteiger partial charge in [0.1, 0.15) is 0 Å². The third-order valence-electron chi connectivity index (χ3n) is 2.68. The summed E-state index contributed by atoms with van der Waals surface area (Å²) in [6.45, 7) is 2.67. The number of urea groups is 1. The van der Waals surface area contributed by atoms with Gasteiger partial charge in [-0.25, -0.2) is 9.18 Å². The molecule has 0 aliphatic heterocycles. The largest absolute Gasteiger partial charge is 0.481 e. The zero-order valence-electron chi connectivity index (χ0n) is 11.3. The van der Waals surface area contributed by atoms with Crippen molar-refractivity contribution in [1.29, 1.82) is 0 Å². The molecule has 0 atom stereocenters. The van der Waals surface area contributed by atoms with Crippen LogP contribution in [-0.2, 0) is 4.79 Å². The van der Waals surface area contributed by atoms with Gasteiger partial charge in [-0.2, -0.15) is 0 Å². The van der Waals surface area contributed by atoms with E-state index < -0.39 is 33.8 Å². The summed E-state index contributed by atoms with van der Waals surface area (Å²) < 4.78 is 13.5. The number of nitrogens with one attached hydrogen (secondary N) is 2. The van der Waals surface area contributed by atoms with Crippen molar-refractivity contribution in [3.63, 3.8) is 0 Å². The van der Waals surface area contributed by atoms with E-state index in [4.69, 9.17) is 5.11 Å². The Kier molecular flexibility index (Phi) is 4.79. The highest BCUT2D eigenvalue weighted by Crippen LogP contribution is 2.20. The molecule has 2 amide bonds. The first-order valence-electron chi connectivity index (χ1n) is 5.85. The third kappa shape index (κ3) is 4.41. The van der Waals surface area contributed by atoms with Crippen molar-refractivity contribution in [3.8, 4) is 0 Å². The van der Waals surface area contributed by atoms with Gasteiger partial charge in [0.2, 0.25) is 0 Å². The molecule has 9 heteroatoms. The molecule has 0 saturated carbocycles. The highest BCUT2D eigenvalue weighted by Gasteiger charge is 2.27. The van der Waals surface area contributed by atoms with Crippen molar-refractivity contribution in [3.05, 3.63) is 34.1 Å². The van der Waals surface area contributed by atoms with E-state index >= 15 is 0 Å². The van der Waals surface area contributed by atoms with E-state index in [1.54, 1.807) is 0 Å². The molecule has 8 nitrogen and oxygen atoms in total. The molecule has 0 aromatic heterocycles. The lowest BCUT2D eigenvalue weighted by Gasteiger charge is -2.19. The maximum Gasteiger partial charge on any atom is 0.319 e. The van der Waals surface area contributed by atoms with Crippen LogP contribution in [-0.4, -0.2) is 28.6 Å². The number of benzene rings is 1. The number of aliphatic carboxylic acids is 1. The van der Waals surface area contributed by atoms with Gasteiger partial charge in [-0.1, -0.05) is 0 Å². The topological polar surface area (TPSA) is 122 Å². The summed E-state index contributed by atoms with van der Waals surface area (Å²) in [5, 5.41) is 23.8. The van der Waals surface area contributed by atoms with Crippen molar-refractivity contribution in [2.24, 2.45) is 5.41 Å². The number of carbonyl (C=O) groups excluding carboxylic acids is 1. The molecule has 0 bridgehead atoms. The predicted octanol–water partition coefficient (Wildman–Crippen LogP) is 1.97. The van der Waals surface area contributed by atoms with E-state index in [9.17, 15) is 24.1 Å². The van der Waals surface area contributed by atoms with Crippen molar-refractivity contribution < 1.29 is 24.0 Å². The Morgan fingerprint density at radius 3 is 2.52 bits per heavy atom. The second-order valence-electron chi connectivity index (χ2n) is 4.92. The first kappa shape index (κ1) is 16.3. The lowest BCUT2D eigenvalue weighted by atomic mass is 9.94. The summed E-state index contributed by atoms with van der Waals surface area (Å²) in [6.07, 6.45) is 0. The maximum atomic E-state index is 13.5. The van der Waals surface area contributed by atoms with Crippen LogP contribution in [0.15, 0.2) is 18.2 Å². The fraction of sp³-hybridized carbons (Fsp3) is 0.333. The minimum atomic E-state index is -1.18. The van der Waals surface area contributed by atoms with Gasteiger partial charge >= 0.3 is 12.0 Å². The van der Waals surface area contributed by atoms with Crippen LogP contribution in [0.25, 0.3) is 0 Å². The summed E-state index contributed by atoms with van der Waals surface area (Å²) in [7, 11) is 0. The first-order valence-corrected chi connectivity index (χ1v) is 5.85. The molecule has 0 unspecified atom stereocenters. The molecule has 0 aliphatic carbocycles. The average Bonchev–Trinajstić information content (AvgIpc) is 2.38. The van der Waals surface area contributed by atoms with Gasteiger partial charge in [-0.05, 0) is 19.9 Å². The van der Waals surface area contributed by atoms with Crippen LogP contribution in [0.2, 0.25) is 0 Å². The molecule has 1 aromatic carbocycles. The van der Waals surface area contributed by atoms with Gasteiger partial charge in [0, 0.05) is 12.6 Å². The number of carboxylic acids is 1. The Balaban J connectivity index is 2.68. The van der Waals surface area contributed by atoms with Gasteiger partial charge in [-0.15, -0.1) is 0 Å². The highest BCUT2D eigenvalue weighted by atomic mass is 19.1. The second-order valence-corrected chi connectivity index (χ2v) is 4.92. The Labute approximate surface area is 119 Å². The van der Waals surface area contributed by atoms with Gasteiger partial charge in [0.15, 0.2) is 5.82 Å². The summed E-state index contributed by atoms with van der Waals surface area (Å²) in [4.78, 5) is 32.1. The van der Waals surface area contributed by atoms with Crippen LogP contribution in [0.4, 0.5) is 20.6 Å². The molecule has 0 aliphatic rings. The van der Waals surface area contributed by atoms with E-state index in [0.717, 1.165) is 12.1 Å². The summed E-state index contributed by atoms with van der Waals surface area (Å²) in [6, 6.07) is 1.96. The molecule has 21 heavy (non-hydrogen) atoms. The third-order valence-corrected chi connectivity index (χ3v) is 2.68. The summed E-state index contributed by atoms with van der Waals surface area (Å²) in [5.74, 6) is -2.05. The van der Waals surface area contributed by atoms with Crippen LogP contribution in [0, 0.1) is 21.3 Å². The number of carbonyl (C=O) groups is 2. The number of carboxylic acid groups (broad SMARTS) is 1. The first-order chi connectivity index (χ1) is 9.63. The lowest BCUT2D eigenvalue weighted by molar-refractivity contribution is -0.385. The van der Waals surface area contributed by atoms with Crippen LogP contribution >= 0.6 is 0 Å². The number of halogens is 1.